The fourth-order valence-electron chi connectivity index (χ4n) is 5.30. The number of Topliss-reactive ketones (excluding diaryl/α,β-unsaturated/α-hetero) is 1. The number of carbonyl (C=O) groups is 3. The third-order valence-electron chi connectivity index (χ3n) is 7.24. The van der Waals surface area contributed by atoms with Crippen molar-refractivity contribution in [3.05, 3.63) is 29.8 Å². The van der Waals surface area contributed by atoms with Crippen molar-refractivity contribution in [2.75, 3.05) is 44.2 Å². The number of likely N-dealkylation sites (tertiary alicyclic amines) is 1. The van der Waals surface area contributed by atoms with E-state index in [9.17, 15) is 14.4 Å². The summed E-state index contributed by atoms with van der Waals surface area (Å²) in [5, 5.41) is 2.95. The van der Waals surface area contributed by atoms with Gasteiger partial charge in [0.1, 0.15) is 18.7 Å². The Morgan fingerprint density at radius 1 is 1.00 bits per heavy atom. The molecule has 3 aliphatic rings. The number of carbonyl (C=O) groups excluding carboxylic acids is 3. The van der Waals surface area contributed by atoms with Gasteiger partial charge in [0.25, 0.3) is 5.91 Å². The van der Waals surface area contributed by atoms with E-state index in [2.05, 4.69) is 29.0 Å². The molecule has 1 aromatic carbocycles. The van der Waals surface area contributed by atoms with Crippen LogP contribution in [0.25, 0.3) is 0 Å². The largest absolute Gasteiger partial charge is 0.369 e. The summed E-state index contributed by atoms with van der Waals surface area (Å²) in [4.78, 5) is 45.1. The van der Waals surface area contributed by atoms with Gasteiger partial charge in [0.15, 0.2) is 5.78 Å². The Labute approximate surface area is 229 Å². The van der Waals surface area contributed by atoms with Gasteiger partial charge >= 0.3 is 0 Å². The van der Waals surface area contributed by atoms with Crippen LogP contribution in [0.3, 0.4) is 0 Å². The minimum absolute atomic E-state index is 0. The molecule has 0 radical (unpaired) electrons. The number of ketones is 1. The quantitative estimate of drug-likeness (QED) is 0.573. The third-order valence-corrected chi connectivity index (χ3v) is 7.24. The molecule has 4 rings (SSSR count). The van der Waals surface area contributed by atoms with Crippen LogP contribution in [0.4, 0.5) is 5.69 Å². The van der Waals surface area contributed by atoms with Crippen LogP contribution in [0.1, 0.15) is 50.9 Å². The fourth-order valence-corrected chi connectivity index (χ4v) is 5.30. The summed E-state index contributed by atoms with van der Waals surface area (Å²) >= 11 is 0. The van der Waals surface area contributed by atoms with Crippen LogP contribution in [0.5, 0.6) is 0 Å². The SMILES string of the molecule is CC(C)C[C@H](NC(=O)c1ccc(N2CCN(C(C)C)CC2)cc1)C(=O)N1CC[C@H]2OCC(=O)[C@H]21.S.S. The Balaban J connectivity index is 0.00000228. The number of benzene rings is 1. The zero-order valence-electron chi connectivity index (χ0n) is 21.8. The summed E-state index contributed by atoms with van der Waals surface area (Å²) in [6.45, 7) is 13.1. The molecule has 0 aliphatic carbocycles. The third kappa shape index (κ3) is 6.76. The highest BCUT2D eigenvalue weighted by molar-refractivity contribution is 7.59. The van der Waals surface area contributed by atoms with Crippen molar-refractivity contribution in [1.29, 1.82) is 0 Å². The van der Waals surface area contributed by atoms with Crippen molar-refractivity contribution in [2.45, 2.75) is 64.8 Å². The molecular weight excluding hydrogens is 496 g/mol. The number of fused-ring (bicyclic) bond motifs is 1. The van der Waals surface area contributed by atoms with Crippen LogP contribution in [0, 0.1) is 5.92 Å². The van der Waals surface area contributed by atoms with Gasteiger partial charge in [-0.1, -0.05) is 13.8 Å². The predicted molar refractivity (Wildman–Crippen MR) is 152 cm³/mol. The molecule has 8 nitrogen and oxygen atoms in total. The van der Waals surface area contributed by atoms with Crippen LogP contribution >= 0.6 is 27.0 Å². The van der Waals surface area contributed by atoms with Gasteiger partial charge in [0.05, 0.1) is 6.10 Å². The lowest BCUT2D eigenvalue weighted by Crippen LogP contribution is -2.52. The Kier molecular flexibility index (Phi) is 11.1. The first-order valence-electron chi connectivity index (χ1n) is 12.6. The van der Waals surface area contributed by atoms with E-state index in [1.165, 1.54) is 0 Å². The number of amides is 2. The standard InChI is InChI=1S/C26H38N4O4.2H2S/c1-17(2)15-21(26(33)30-10-9-23-24(30)22(31)16-34-23)27-25(32)19-5-7-20(8-6-19)29-13-11-28(12-14-29)18(3)4;;/h5-8,17-18,21,23-24H,9-16H2,1-4H3,(H,27,32);2*1H2/t21-,23+,24+;;/m0../s1. The van der Waals surface area contributed by atoms with Crippen molar-refractivity contribution < 1.29 is 19.1 Å². The molecule has 1 aromatic rings. The molecule has 3 fully saturated rings. The lowest BCUT2D eigenvalue weighted by Gasteiger charge is -2.38. The number of hydrogen-bond donors (Lipinski definition) is 1. The minimum Gasteiger partial charge on any atom is -0.369 e. The van der Waals surface area contributed by atoms with Gasteiger partial charge in [-0.15, -0.1) is 0 Å². The topological polar surface area (TPSA) is 82.2 Å². The smallest absolute Gasteiger partial charge is 0.251 e. The first-order valence-corrected chi connectivity index (χ1v) is 12.6. The van der Waals surface area contributed by atoms with Crippen LogP contribution in [0.2, 0.25) is 0 Å². The average Bonchev–Trinajstić information content (AvgIpc) is 3.41. The molecule has 3 aliphatic heterocycles. The molecule has 1 N–H and O–H groups in total. The Morgan fingerprint density at radius 2 is 1.64 bits per heavy atom. The summed E-state index contributed by atoms with van der Waals surface area (Å²) in [5.41, 5.74) is 1.64. The highest BCUT2D eigenvalue weighted by Crippen LogP contribution is 2.28. The van der Waals surface area contributed by atoms with E-state index in [-0.39, 0.29) is 63.2 Å². The highest BCUT2D eigenvalue weighted by atomic mass is 32.1. The average molecular weight is 539 g/mol. The van der Waals surface area contributed by atoms with E-state index in [1.54, 1.807) is 4.90 Å². The predicted octanol–water partition coefficient (Wildman–Crippen LogP) is 2.16. The van der Waals surface area contributed by atoms with Gasteiger partial charge < -0.3 is 19.9 Å². The van der Waals surface area contributed by atoms with E-state index in [4.69, 9.17) is 4.74 Å². The summed E-state index contributed by atoms with van der Waals surface area (Å²) < 4.78 is 5.52. The van der Waals surface area contributed by atoms with E-state index in [1.807, 2.05) is 38.1 Å². The van der Waals surface area contributed by atoms with Crippen LogP contribution in [-0.4, -0.2) is 91.0 Å². The van der Waals surface area contributed by atoms with Gasteiger partial charge in [0.2, 0.25) is 5.91 Å². The second-order valence-corrected chi connectivity index (χ2v) is 10.4. The first-order chi connectivity index (χ1) is 16.2. The lowest BCUT2D eigenvalue weighted by atomic mass is 10.0. The van der Waals surface area contributed by atoms with Crippen LogP contribution in [0.15, 0.2) is 24.3 Å². The van der Waals surface area contributed by atoms with Crippen molar-refractivity contribution in [3.63, 3.8) is 0 Å². The van der Waals surface area contributed by atoms with E-state index < -0.39 is 12.1 Å². The Hall–Kier alpha value is -1.75. The molecule has 2 amide bonds. The summed E-state index contributed by atoms with van der Waals surface area (Å²) in [5.74, 6) is -0.279. The van der Waals surface area contributed by atoms with Crippen LogP contribution < -0.4 is 10.2 Å². The number of rotatable bonds is 7. The Morgan fingerprint density at radius 3 is 2.22 bits per heavy atom. The maximum Gasteiger partial charge on any atom is 0.251 e. The van der Waals surface area contributed by atoms with E-state index in [0.29, 0.717) is 31.0 Å². The second-order valence-electron chi connectivity index (χ2n) is 10.4. The molecule has 0 saturated carbocycles. The van der Waals surface area contributed by atoms with Gasteiger partial charge in [-0.3, -0.25) is 19.3 Å². The molecule has 202 valence electrons. The van der Waals surface area contributed by atoms with Gasteiger partial charge in [0, 0.05) is 50.0 Å². The lowest BCUT2D eigenvalue weighted by molar-refractivity contribution is -0.138. The van der Waals surface area contributed by atoms with E-state index in [0.717, 1.165) is 31.9 Å². The number of hydrogen-bond acceptors (Lipinski definition) is 6. The molecule has 3 saturated heterocycles. The number of piperazine rings is 1. The maximum absolute atomic E-state index is 13.4. The molecule has 0 aromatic heterocycles. The van der Waals surface area contributed by atoms with Crippen molar-refractivity contribution >= 4 is 50.3 Å². The number of nitrogens with one attached hydrogen (secondary N) is 1. The number of ether oxygens (including phenoxy) is 1. The summed E-state index contributed by atoms with van der Waals surface area (Å²) in [6, 6.07) is 7.02. The Bertz CT molecular complexity index is 904. The second kappa shape index (κ2) is 13.2. The summed E-state index contributed by atoms with van der Waals surface area (Å²) in [6.07, 6.45) is 0.977. The molecule has 36 heavy (non-hydrogen) atoms. The zero-order valence-corrected chi connectivity index (χ0v) is 23.8. The monoisotopic (exact) mass is 538 g/mol. The van der Waals surface area contributed by atoms with Crippen LogP contribution in [-0.2, 0) is 14.3 Å². The number of anilines is 1. The van der Waals surface area contributed by atoms with E-state index >= 15 is 0 Å². The minimum atomic E-state index is -0.663. The molecule has 0 bridgehead atoms. The molecule has 0 unspecified atom stereocenters. The van der Waals surface area contributed by atoms with Gasteiger partial charge in [-0.25, -0.2) is 0 Å². The molecular formula is C26H42N4O4S2. The van der Waals surface area contributed by atoms with Crippen molar-refractivity contribution in [3.8, 4) is 0 Å². The molecule has 3 atom stereocenters. The van der Waals surface area contributed by atoms with Crippen molar-refractivity contribution in [2.24, 2.45) is 5.92 Å². The number of nitrogens with zero attached hydrogens (tertiary/aromatic N) is 3. The zero-order chi connectivity index (χ0) is 24.4. The first kappa shape index (κ1) is 30.5. The van der Waals surface area contributed by atoms with Crippen molar-refractivity contribution in [1.82, 2.24) is 15.1 Å². The molecule has 0 spiro atoms. The molecule has 10 heteroatoms. The van der Waals surface area contributed by atoms with Gasteiger partial charge in [-0.2, -0.15) is 27.0 Å². The van der Waals surface area contributed by atoms with Gasteiger partial charge in [-0.05, 0) is 56.9 Å². The normalized spacial score (nSPS) is 22.8. The fraction of sp³-hybridized carbons (Fsp3) is 0.654. The molecule has 3 heterocycles. The highest BCUT2D eigenvalue weighted by Gasteiger charge is 2.48. The summed E-state index contributed by atoms with van der Waals surface area (Å²) in [7, 11) is 0. The maximum atomic E-state index is 13.4.